The number of fused-ring (bicyclic) bond motifs is 1. The summed E-state index contributed by atoms with van der Waals surface area (Å²) in [6, 6.07) is 4.49. The zero-order valence-corrected chi connectivity index (χ0v) is 9.92. The average Bonchev–Trinajstić information content (AvgIpc) is 2.32. The van der Waals surface area contributed by atoms with Crippen LogP contribution in [0.4, 0.5) is 4.39 Å². The minimum atomic E-state index is -0.650. The van der Waals surface area contributed by atoms with Crippen molar-refractivity contribution in [1.82, 2.24) is 4.98 Å². The summed E-state index contributed by atoms with van der Waals surface area (Å²) in [5, 5.41) is 0.763. The lowest BCUT2D eigenvalue weighted by Gasteiger charge is -2.06. The Morgan fingerprint density at radius 1 is 1.44 bits per heavy atom. The molecular weight excluding hydrogens is 277 g/mol. The van der Waals surface area contributed by atoms with Gasteiger partial charge < -0.3 is 4.74 Å². The van der Waals surface area contributed by atoms with Crippen LogP contribution in [0.1, 0.15) is 10.5 Å². The van der Waals surface area contributed by atoms with E-state index in [0.717, 1.165) is 0 Å². The number of rotatable bonds is 1. The van der Waals surface area contributed by atoms with Crippen LogP contribution >= 0.6 is 15.9 Å². The molecule has 3 nitrogen and oxygen atoms in total. The third-order valence-electron chi connectivity index (χ3n) is 2.20. The Morgan fingerprint density at radius 2 is 2.19 bits per heavy atom. The Balaban J connectivity index is 2.86. The minimum absolute atomic E-state index is 0.0150. The topological polar surface area (TPSA) is 39.2 Å². The van der Waals surface area contributed by atoms with Crippen molar-refractivity contribution in [2.45, 2.75) is 0 Å². The van der Waals surface area contributed by atoms with Crippen LogP contribution in [0, 0.1) is 5.82 Å². The second-order valence-corrected chi connectivity index (χ2v) is 3.96. The Labute approximate surface area is 99.4 Å². The van der Waals surface area contributed by atoms with E-state index in [4.69, 9.17) is 0 Å². The smallest absolute Gasteiger partial charge is 0.357 e. The molecule has 0 saturated carbocycles. The first-order chi connectivity index (χ1) is 7.65. The highest BCUT2D eigenvalue weighted by Gasteiger charge is 2.16. The number of nitrogens with zero attached hydrogens (tertiary/aromatic N) is 1. The lowest BCUT2D eigenvalue weighted by Crippen LogP contribution is -2.06. The zero-order valence-electron chi connectivity index (χ0n) is 8.33. The van der Waals surface area contributed by atoms with Crippen LogP contribution in [0.3, 0.4) is 0 Å². The van der Waals surface area contributed by atoms with E-state index in [0.29, 0.717) is 9.86 Å². The first-order valence-electron chi connectivity index (χ1n) is 4.46. The average molecular weight is 284 g/mol. The predicted octanol–water partition coefficient (Wildman–Crippen LogP) is 2.92. The minimum Gasteiger partial charge on any atom is -0.464 e. The summed E-state index contributed by atoms with van der Waals surface area (Å²) in [7, 11) is 1.23. The molecule has 0 amide bonds. The molecule has 0 unspecified atom stereocenters. The Kier molecular flexibility index (Phi) is 2.87. The number of aromatic nitrogens is 1. The van der Waals surface area contributed by atoms with Crippen LogP contribution in [0.5, 0.6) is 0 Å². The van der Waals surface area contributed by atoms with Crippen molar-refractivity contribution < 1.29 is 13.9 Å². The van der Waals surface area contributed by atoms with E-state index < -0.39 is 11.8 Å². The number of carbonyl (C=O) groups excluding carboxylic acids is 1. The molecule has 1 aromatic heterocycles. The van der Waals surface area contributed by atoms with Crippen LogP contribution in [0.2, 0.25) is 0 Å². The SMILES string of the molecule is COC(=O)c1nccc2c(Br)ccc(F)c12. The lowest BCUT2D eigenvalue weighted by molar-refractivity contribution is 0.0596. The van der Waals surface area contributed by atoms with Crippen molar-refractivity contribution in [3.05, 3.63) is 40.4 Å². The molecule has 82 valence electrons. The molecular formula is C11H7BrFNO2. The highest BCUT2D eigenvalue weighted by Crippen LogP contribution is 2.27. The number of methoxy groups -OCH3 is 1. The molecule has 16 heavy (non-hydrogen) atoms. The molecule has 2 aromatic rings. The van der Waals surface area contributed by atoms with Gasteiger partial charge >= 0.3 is 5.97 Å². The van der Waals surface area contributed by atoms with Crippen molar-refractivity contribution in [2.75, 3.05) is 7.11 Å². The standard InChI is InChI=1S/C11H7BrFNO2/c1-16-11(15)10-9-6(4-5-14-10)7(12)2-3-8(9)13/h2-5H,1H3. The highest BCUT2D eigenvalue weighted by molar-refractivity contribution is 9.10. The fraction of sp³-hybridized carbons (Fsp3) is 0.0909. The van der Waals surface area contributed by atoms with Gasteiger partial charge in [-0.1, -0.05) is 15.9 Å². The quantitative estimate of drug-likeness (QED) is 0.756. The second-order valence-electron chi connectivity index (χ2n) is 3.10. The van der Waals surface area contributed by atoms with Gasteiger partial charge in [0, 0.05) is 16.1 Å². The van der Waals surface area contributed by atoms with Gasteiger partial charge in [-0.05, 0) is 18.2 Å². The number of carbonyl (C=O) groups is 1. The second kappa shape index (κ2) is 4.17. The summed E-state index contributed by atoms with van der Waals surface area (Å²) in [4.78, 5) is 15.3. The summed E-state index contributed by atoms with van der Waals surface area (Å²) in [5.41, 5.74) is -0.0150. The molecule has 0 spiro atoms. The van der Waals surface area contributed by atoms with E-state index in [9.17, 15) is 9.18 Å². The Morgan fingerprint density at radius 3 is 2.88 bits per heavy atom. The monoisotopic (exact) mass is 283 g/mol. The predicted molar refractivity (Wildman–Crippen MR) is 60.7 cm³/mol. The van der Waals surface area contributed by atoms with E-state index in [2.05, 4.69) is 25.7 Å². The number of hydrogen-bond acceptors (Lipinski definition) is 3. The first kappa shape index (κ1) is 11.0. The van der Waals surface area contributed by atoms with E-state index in [-0.39, 0.29) is 11.1 Å². The molecule has 5 heteroatoms. The molecule has 0 bridgehead atoms. The molecule has 0 aliphatic carbocycles. The van der Waals surface area contributed by atoms with Crippen molar-refractivity contribution in [3.8, 4) is 0 Å². The van der Waals surface area contributed by atoms with Crippen LogP contribution < -0.4 is 0 Å². The third kappa shape index (κ3) is 1.67. The van der Waals surface area contributed by atoms with Gasteiger partial charge in [0.25, 0.3) is 0 Å². The maximum Gasteiger partial charge on any atom is 0.357 e. The number of halogens is 2. The van der Waals surface area contributed by atoms with Gasteiger partial charge in [0.1, 0.15) is 5.82 Å². The molecule has 0 atom stereocenters. The van der Waals surface area contributed by atoms with E-state index in [1.807, 2.05) is 0 Å². The zero-order chi connectivity index (χ0) is 11.7. The third-order valence-corrected chi connectivity index (χ3v) is 2.89. The number of pyridine rings is 1. The van der Waals surface area contributed by atoms with Crippen molar-refractivity contribution >= 4 is 32.7 Å². The van der Waals surface area contributed by atoms with E-state index in [1.165, 1.54) is 19.4 Å². The van der Waals surface area contributed by atoms with Crippen molar-refractivity contribution in [1.29, 1.82) is 0 Å². The van der Waals surface area contributed by atoms with Gasteiger partial charge in [0.15, 0.2) is 5.69 Å². The molecule has 0 aliphatic heterocycles. The van der Waals surface area contributed by atoms with Gasteiger partial charge in [0.05, 0.1) is 12.5 Å². The molecule has 0 N–H and O–H groups in total. The van der Waals surface area contributed by atoms with Crippen molar-refractivity contribution in [2.24, 2.45) is 0 Å². The molecule has 0 radical (unpaired) electrons. The van der Waals surface area contributed by atoms with Gasteiger partial charge in [0.2, 0.25) is 0 Å². The van der Waals surface area contributed by atoms with Gasteiger partial charge in [-0.3, -0.25) is 0 Å². The summed E-state index contributed by atoms with van der Waals surface area (Å²) in [5.74, 6) is -1.14. The number of hydrogen-bond donors (Lipinski definition) is 0. The maximum atomic E-state index is 13.7. The van der Waals surface area contributed by atoms with E-state index in [1.54, 1.807) is 12.1 Å². The number of benzene rings is 1. The van der Waals surface area contributed by atoms with Gasteiger partial charge in [-0.25, -0.2) is 14.2 Å². The molecule has 1 aromatic carbocycles. The molecule has 0 aliphatic rings. The Bertz CT molecular complexity index is 571. The fourth-order valence-corrected chi connectivity index (χ4v) is 1.94. The maximum absolute atomic E-state index is 13.7. The number of esters is 1. The van der Waals surface area contributed by atoms with Crippen LogP contribution in [0.15, 0.2) is 28.9 Å². The van der Waals surface area contributed by atoms with Crippen LogP contribution in [-0.4, -0.2) is 18.1 Å². The summed E-state index contributed by atoms with van der Waals surface area (Å²) >= 11 is 3.29. The van der Waals surface area contributed by atoms with Crippen LogP contribution in [-0.2, 0) is 4.74 Å². The molecule has 2 rings (SSSR count). The lowest BCUT2D eigenvalue weighted by atomic mass is 10.1. The summed E-state index contributed by atoms with van der Waals surface area (Å²) in [6.07, 6.45) is 1.44. The summed E-state index contributed by atoms with van der Waals surface area (Å²) in [6.45, 7) is 0. The largest absolute Gasteiger partial charge is 0.464 e. The van der Waals surface area contributed by atoms with E-state index >= 15 is 0 Å². The Hall–Kier alpha value is -1.49. The van der Waals surface area contributed by atoms with Crippen LogP contribution in [0.25, 0.3) is 10.8 Å². The van der Waals surface area contributed by atoms with Gasteiger partial charge in [-0.2, -0.15) is 0 Å². The van der Waals surface area contributed by atoms with Crippen molar-refractivity contribution in [3.63, 3.8) is 0 Å². The normalized spacial score (nSPS) is 10.4. The summed E-state index contributed by atoms with van der Waals surface area (Å²) < 4.78 is 18.9. The van der Waals surface area contributed by atoms with Gasteiger partial charge in [-0.15, -0.1) is 0 Å². The highest BCUT2D eigenvalue weighted by atomic mass is 79.9. The molecule has 1 heterocycles. The fourth-order valence-electron chi connectivity index (χ4n) is 1.47. The molecule has 0 fully saturated rings. The number of ether oxygens (including phenoxy) is 1. The molecule has 0 saturated heterocycles. The first-order valence-corrected chi connectivity index (χ1v) is 5.25.